The molecule has 1 aromatic carbocycles. The van der Waals surface area contributed by atoms with Crippen LogP contribution in [0.5, 0.6) is 5.75 Å². The molecule has 0 aromatic heterocycles. The topological polar surface area (TPSA) is 64.6 Å². The average Bonchev–Trinajstić information content (AvgIpc) is 2.76. The Labute approximate surface area is 125 Å². The summed E-state index contributed by atoms with van der Waals surface area (Å²) >= 11 is 0. The maximum Gasteiger partial charge on any atom is 0.573 e. The van der Waals surface area contributed by atoms with Gasteiger partial charge < -0.3 is 9.47 Å². The van der Waals surface area contributed by atoms with Crippen molar-refractivity contribution in [1.29, 1.82) is 0 Å². The normalized spacial score (nSPS) is 28.0. The predicted molar refractivity (Wildman–Crippen MR) is 69.7 cm³/mol. The second-order valence-corrected chi connectivity index (χ2v) is 7.06. The predicted octanol–water partition coefficient (Wildman–Crippen LogP) is 2.04. The van der Waals surface area contributed by atoms with Crippen molar-refractivity contribution in [2.45, 2.75) is 36.2 Å². The highest BCUT2D eigenvalue weighted by Gasteiger charge is 2.46. The molecule has 1 saturated heterocycles. The molecule has 0 spiro atoms. The SMILES string of the molecule is O=S(=O)(N[C@H]1C[C@@H]2OCC[C@H]12)c1ccc(OC(F)(F)F)cc1. The Morgan fingerprint density at radius 1 is 1.23 bits per heavy atom. The van der Waals surface area contributed by atoms with Crippen molar-refractivity contribution in [2.75, 3.05) is 6.61 Å². The zero-order valence-electron chi connectivity index (χ0n) is 11.3. The van der Waals surface area contributed by atoms with E-state index in [9.17, 15) is 21.6 Å². The number of hydrogen-bond acceptors (Lipinski definition) is 4. The lowest BCUT2D eigenvalue weighted by Gasteiger charge is -2.39. The van der Waals surface area contributed by atoms with Gasteiger partial charge in [-0.25, -0.2) is 13.1 Å². The number of benzene rings is 1. The minimum absolute atomic E-state index is 0.0932. The lowest BCUT2D eigenvalue weighted by molar-refractivity contribution is -0.274. The van der Waals surface area contributed by atoms with Gasteiger partial charge in [-0.05, 0) is 37.1 Å². The van der Waals surface area contributed by atoms with Gasteiger partial charge in [0.1, 0.15) is 5.75 Å². The Hall–Kier alpha value is -1.32. The van der Waals surface area contributed by atoms with E-state index in [0.717, 1.165) is 30.7 Å². The van der Waals surface area contributed by atoms with E-state index >= 15 is 0 Å². The standard InChI is InChI=1S/C13H14F3NO4S/c14-13(15,16)21-8-1-3-9(4-2-8)22(18,19)17-11-7-12-10(11)5-6-20-12/h1-4,10-12,17H,5-7H2/t10-,11+,12+/m1/s1. The first-order chi connectivity index (χ1) is 10.2. The van der Waals surface area contributed by atoms with Crippen molar-refractivity contribution < 1.29 is 31.1 Å². The Balaban J connectivity index is 1.67. The van der Waals surface area contributed by atoms with Crippen molar-refractivity contribution in [3.63, 3.8) is 0 Å². The van der Waals surface area contributed by atoms with Crippen molar-refractivity contribution in [1.82, 2.24) is 4.72 Å². The number of sulfonamides is 1. The molecule has 0 amide bonds. The number of nitrogens with one attached hydrogen (secondary N) is 1. The van der Waals surface area contributed by atoms with Crippen LogP contribution in [0.1, 0.15) is 12.8 Å². The lowest BCUT2D eigenvalue weighted by Crippen LogP contribution is -2.53. The monoisotopic (exact) mass is 337 g/mol. The van der Waals surface area contributed by atoms with Crippen LogP contribution in [0.3, 0.4) is 0 Å². The number of halogens is 3. The maximum atomic E-state index is 12.2. The van der Waals surface area contributed by atoms with E-state index in [1.54, 1.807) is 0 Å². The quantitative estimate of drug-likeness (QED) is 0.913. The van der Waals surface area contributed by atoms with Crippen molar-refractivity contribution in [3.05, 3.63) is 24.3 Å². The first kappa shape index (κ1) is 15.6. The van der Waals surface area contributed by atoms with Crippen LogP contribution < -0.4 is 9.46 Å². The van der Waals surface area contributed by atoms with Crippen molar-refractivity contribution in [2.24, 2.45) is 5.92 Å². The molecule has 1 aromatic rings. The highest BCUT2D eigenvalue weighted by molar-refractivity contribution is 7.89. The summed E-state index contributed by atoms with van der Waals surface area (Å²) in [4.78, 5) is -0.0932. The van der Waals surface area contributed by atoms with Gasteiger partial charge in [-0.1, -0.05) is 0 Å². The van der Waals surface area contributed by atoms with Gasteiger partial charge >= 0.3 is 6.36 Å². The Kier molecular flexibility index (Phi) is 3.82. The fourth-order valence-corrected chi connectivity index (χ4v) is 4.12. The molecule has 1 aliphatic carbocycles. The third-order valence-electron chi connectivity index (χ3n) is 3.94. The minimum Gasteiger partial charge on any atom is -0.406 e. The van der Waals surface area contributed by atoms with E-state index in [2.05, 4.69) is 9.46 Å². The van der Waals surface area contributed by atoms with E-state index in [1.807, 2.05) is 0 Å². The summed E-state index contributed by atoms with van der Waals surface area (Å²) in [6, 6.07) is 3.95. The Morgan fingerprint density at radius 3 is 2.50 bits per heavy atom. The van der Waals surface area contributed by atoms with E-state index in [0.29, 0.717) is 13.0 Å². The van der Waals surface area contributed by atoms with Crippen LogP contribution in [0.2, 0.25) is 0 Å². The number of alkyl halides is 3. The summed E-state index contributed by atoms with van der Waals surface area (Å²) in [6.07, 6.45) is -3.24. The zero-order chi connectivity index (χ0) is 16.0. The molecule has 1 heterocycles. The van der Waals surface area contributed by atoms with Gasteiger partial charge in [-0.3, -0.25) is 0 Å². The summed E-state index contributed by atoms with van der Waals surface area (Å²) in [5.41, 5.74) is 0. The van der Waals surface area contributed by atoms with Crippen LogP contribution >= 0.6 is 0 Å². The number of ether oxygens (including phenoxy) is 2. The summed E-state index contributed by atoms with van der Waals surface area (Å²) in [7, 11) is -3.76. The lowest BCUT2D eigenvalue weighted by atomic mass is 9.77. The molecule has 3 rings (SSSR count). The van der Waals surface area contributed by atoms with E-state index < -0.39 is 22.1 Å². The van der Waals surface area contributed by atoms with Crippen LogP contribution in [0.25, 0.3) is 0 Å². The van der Waals surface area contributed by atoms with Crippen LogP contribution in [-0.2, 0) is 14.8 Å². The molecule has 0 unspecified atom stereocenters. The molecule has 3 atom stereocenters. The van der Waals surface area contributed by atoms with E-state index in [4.69, 9.17) is 4.74 Å². The molecule has 9 heteroatoms. The third kappa shape index (κ3) is 3.21. The number of fused-ring (bicyclic) bond motifs is 1. The number of rotatable bonds is 4. The van der Waals surface area contributed by atoms with Gasteiger partial charge in [-0.15, -0.1) is 13.2 Å². The molecule has 1 saturated carbocycles. The smallest absolute Gasteiger partial charge is 0.406 e. The van der Waals surface area contributed by atoms with Crippen LogP contribution in [0.15, 0.2) is 29.2 Å². The summed E-state index contributed by atoms with van der Waals surface area (Å²) in [5, 5.41) is 0. The van der Waals surface area contributed by atoms with Crippen molar-refractivity contribution >= 4 is 10.0 Å². The second kappa shape index (κ2) is 5.39. The summed E-state index contributed by atoms with van der Waals surface area (Å²) in [5.74, 6) is -0.276. The highest BCUT2D eigenvalue weighted by Crippen LogP contribution is 2.39. The van der Waals surface area contributed by atoms with E-state index in [-0.39, 0.29) is 23.0 Å². The van der Waals surface area contributed by atoms with Crippen LogP contribution in [0, 0.1) is 5.92 Å². The fourth-order valence-electron chi connectivity index (χ4n) is 2.82. The molecular formula is C13H14F3NO4S. The average molecular weight is 337 g/mol. The second-order valence-electron chi connectivity index (χ2n) is 5.34. The fraction of sp³-hybridized carbons (Fsp3) is 0.538. The van der Waals surface area contributed by atoms with Gasteiger partial charge in [0.15, 0.2) is 0 Å². The molecule has 0 radical (unpaired) electrons. The zero-order valence-corrected chi connectivity index (χ0v) is 12.2. The molecule has 2 aliphatic rings. The van der Waals surface area contributed by atoms with Crippen LogP contribution in [-0.4, -0.2) is 33.5 Å². The van der Waals surface area contributed by atoms with Gasteiger partial charge in [0.25, 0.3) is 0 Å². The minimum atomic E-state index is -4.80. The Bertz CT molecular complexity index is 644. The van der Waals surface area contributed by atoms with E-state index in [1.165, 1.54) is 0 Å². The van der Waals surface area contributed by atoms with Crippen molar-refractivity contribution in [3.8, 4) is 5.75 Å². The molecule has 2 fully saturated rings. The third-order valence-corrected chi connectivity index (χ3v) is 5.44. The number of hydrogen-bond donors (Lipinski definition) is 1. The maximum absolute atomic E-state index is 12.2. The first-order valence-electron chi connectivity index (χ1n) is 6.74. The summed E-state index contributed by atoms with van der Waals surface area (Å²) in [6.45, 7) is 0.636. The molecule has 1 N–H and O–H groups in total. The Morgan fingerprint density at radius 2 is 1.91 bits per heavy atom. The molecule has 1 aliphatic heterocycles. The molecule has 22 heavy (non-hydrogen) atoms. The largest absolute Gasteiger partial charge is 0.573 e. The molecule has 0 bridgehead atoms. The molecule has 5 nitrogen and oxygen atoms in total. The van der Waals surface area contributed by atoms with Gasteiger partial charge in [0.2, 0.25) is 10.0 Å². The summed E-state index contributed by atoms with van der Waals surface area (Å²) < 4.78 is 72.3. The van der Waals surface area contributed by atoms with Gasteiger partial charge in [0, 0.05) is 18.6 Å². The molecule has 122 valence electrons. The van der Waals surface area contributed by atoms with Gasteiger partial charge in [0.05, 0.1) is 11.0 Å². The molecular weight excluding hydrogens is 323 g/mol. The highest BCUT2D eigenvalue weighted by atomic mass is 32.2. The van der Waals surface area contributed by atoms with Gasteiger partial charge in [-0.2, -0.15) is 0 Å². The van der Waals surface area contributed by atoms with Crippen LogP contribution in [0.4, 0.5) is 13.2 Å². The first-order valence-corrected chi connectivity index (χ1v) is 8.23.